The van der Waals surface area contributed by atoms with Crippen molar-refractivity contribution in [2.45, 2.75) is 52.1 Å². The molecule has 2 N–H and O–H groups in total. The van der Waals surface area contributed by atoms with Crippen LogP contribution in [-0.2, 0) is 4.79 Å². The summed E-state index contributed by atoms with van der Waals surface area (Å²) in [4.78, 5) is 24.7. The standard InChI is InChI=1S/C12H22N2O3/c1-8(2)7-10(11(15)16)13-12(17)14-6-4-5-9(14)3/h8-10H,4-7H2,1-3H3,(H,13,17)(H,15,16)/t9?,10-/m0/s1. The second-order valence-electron chi connectivity index (χ2n) is 5.15. The van der Waals surface area contributed by atoms with Crippen molar-refractivity contribution in [3.8, 4) is 0 Å². The lowest BCUT2D eigenvalue weighted by Crippen LogP contribution is -2.49. The molecule has 0 aromatic carbocycles. The molecule has 0 aromatic heterocycles. The van der Waals surface area contributed by atoms with Gasteiger partial charge in [-0.05, 0) is 32.1 Å². The van der Waals surface area contributed by atoms with E-state index in [0.717, 1.165) is 19.4 Å². The Bertz CT molecular complexity index is 291. The first-order chi connectivity index (χ1) is 7.91. The number of rotatable bonds is 4. The van der Waals surface area contributed by atoms with Crippen LogP contribution in [0.3, 0.4) is 0 Å². The van der Waals surface area contributed by atoms with Crippen LogP contribution < -0.4 is 5.32 Å². The van der Waals surface area contributed by atoms with Crippen LogP contribution in [0.2, 0.25) is 0 Å². The zero-order valence-corrected chi connectivity index (χ0v) is 10.8. The van der Waals surface area contributed by atoms with Crippen molar-refractivity contribution in [3.05, 3.63) is 0 Å². The molecule has 0 spiro atoms. The van der Waals surface area contributed by atoms with Gasteiger partial charge in [0.2, 0.25) is 0 Å². The number of urea groups is 1. The second kappa shape index (κ2) is 5.89. The highest BCUT2D eigenvalue weighted by atomic mass is 16.4. The lowest BCUT2D eigenvalue weighted by atomic mass is 10.0. The summed E-state index contributed by atoms with van der Waals surface area (Å²) in [6.45, 7) is 6.60. The number of nitrogens with one attached hydrogen (secondary N) is 1. The Hall–Kier alpha value is -1.26. The Balaban J connectivity index is 2.54. The lowest BCUT2D eigenvalue weighted by Gasteiger charge is -2.25. The third-order valence-corrected chi connectivity index (χ3v) is 3.12. The number of nitrogens with zero attached hydrogens (tertiary/aromatic N) is 1. The fourth-order valence-electron chi connectivity index (χ4n) is 2.16. The van der Waals surface area contributed by atoms with Crippen LogP contribution in [0, 0.1) is 5.92 Å². The molecule has 0 bridgehead atoms. The van der Waals surface area contributed by atoms with Crippen LogP contribution in [0.1, 0.15) is 40.0 Å². The number of hydrogen-bond acceptors (Lipinski definition) is 2. The average Bonchev–Trinajstić information content (AvgIpc) is 2.62. The zero-order chi connectivity index (χ0) is 13.0. The third-order valence-electron chi connectivity index (χ3n) is 3.12. The van der Waals surface area contributed by atoms with E-state index >= 15 is 0 Å². The minimum Gasteiger partial charge on any atom is -0.480 e. The number of carboxylic acid groups (broad SMARTS) is 1. The van der Waals surface area contributed by atoms with Crippen LogP contribution in [0.15, 0.2) is 0 Å². The molecule has 1 aliphatic rings. The summed E-state index contributed by atoms with van der Waals surface area (Å²) in [6, 6.07) is -0.818. The van der Waals surface area contributed by atoms with Gasteiger partial charge in [0.05, 0.1) is 0 Å². The molecule has 1 saturated heterocycles. The van der Waals surface area contributed by atoms with Gasteiger partial charge in [-0.15, -0.1) is 0 Å². The van der Waals surface area contributed by atoms with E-state index in [4.69, 9.17) is 5.11 Å². The van der Waals surface area contributed by atoms with Crippen molar-refractivity contribution in [2.24, 2.45) is 5.92 Å². The van der Waals surface area contributed by atoms with E-state index in [2.05, 4.69) is 5.32 Å². The fraction of sp³-hybridized carbons (Fsp3) is 0.833. The molecule has 0 radical (unpaired) electrons. The molecule has 0 aliphatic carbocycles. The van der Waals surface area contributed by atoms with Crippen molar-refractivity contribution in [1.29, 1.82) is 0 Å². The predicted octanol–water partition coefficient (Wildman–Crippen LogP) is 1.68. The monoisotopic (exact) mass is 242 g/mol. The van der Waals surface area contributed by atoms with Gasteiger partial charge in [0.1, 0.15) is 6.04 Å². The van der Waals surface area contributed by atoms with Gasteiger partial charge in [-0.3, -0.25) is 0 Å². The van der Waals surface area contributed by atoms with Gasteiger partial charge in [-0.2, -0.15) is 0 Å². The van der Waals surface area contributed by atoms with Crippen LogP contribution in [0.5, 0.6) is 0 Å². The van der Waals surface area contributed by atoms with Gasteiger partial charge in [-0.1, -0.05) is 13.8 Å². The highest BCUT2D eigenvalue weighted by molar-refractivity contribution is 5.82. The summed E-state index contributed by atoms with van der Waals surface area (Å²) < 4.78 is 0. The van der Waals surface area contributed by atoms with Crippen molar-refractivity contribution in [2.75, 3.05) is 6.54 Å². The van der Waals surface area contributed by atoms with E-state index < -0.39 is 12.0 Å². The molecule has 1 aliphatic heterocycles. The normalized spacial score (nSPS) is 21.6. The van der Waals surface area contributed by atoms with E-state index in [-0.39, 0.29) is 18.0 Å². The smallest absolute Gasteiger partial charge is 0.326 e. The van der Waals surface area contributed by atoms with E-state index in [0.29, 0.717) is 6.42 Å². The topological polar surface area (TPSA) is 69.6 Å². The SMILES string of the molecule is CC(C)C[C@H](NC(=O)N1CCCC1C)C(=O)O. The summed E-state index contributed by atoms with van der Waals surface area (Å²) >= 11 is 0. The Labute approximate surface area is 102 Å². The molecule has 2 atom stereocenters. The van der Waals surface area contributed by atoms with Gasteiger partial charge in [-0.25, -0.2) is 9.59 Å². The van der Waals surface area contributed by atoms with Gasteiger partial charge in [0, 0.05) is 12.6 Å². The van der Waals surface area contributed by atoms with E-state index in [1.807, 2.05) is 20.8 Å². The first-order valence-corrected chi connectivity index (χ1v) is 6.21. The molecule has 17 heavy (non-hydrogen) atoms. The second-order valence-corrected chi connectivity index (χ2v) is 5.15. The minimum absolute atomic E-state index is 0.212. The molecule has 1 rings (SSSR count). The van der Waals surface area contributed by atoms with Crippen molar-refractivity contribution in [1.82, 2.24) is 10.2 Å². The minimum atomic E-state index is -0.959. The molecule has 0 saturated carbocycles. The summed E-state index contributed by atoms with van der Waals surface area (Å²) in [6.07, 6.45) is 2.45. The first-order valence-electron chi connectivity index (χ1n) is 6.21. The molecule has 98 valence electrons. The van der Waals surface area contributed by atoms with Crippen LogP contribution >= 0.6 is 0 Å². The van der Waals surface area contributed by atoms with E-state index in [9.17, 15) is 9.59 Å². The molecule has 1 unspecified atom stereocenters. The predicted molar refractivity (Wildman–Crippen MR) is 64.8 cm³/mol. The van der Waals surface area contributed by atoms with Crippen LogP contribution in [0.25, 0.3) is 0 Å². The Morgan fingerprint density at radius 3 is 2.53 bits per heavy atom. The Kier molecular flexibility index (Phi) is 4.78. The Morgan fingerprint density at radius 2 is 2.12 bits per heavy atom. The summed E-state index contributed by atoms with van der Waals surface area (Å²) in [5, 5.41) is 11.7. The maximum absolute atomic E-state index is 11.9. The lowest BCUT2D eigenvalue weighted by molar-refractivity contribution is -0.139. The van der Waals surface area contributed by atoms with Gasteiger partial charge >= 0.3 is 12.0 Å². The number of likely N-dealkylation sites (tertiary alicyclic amines) is 1. The maximum atomic E-state index is 11.9. The Morgan fingerprint density at radius 1 is 1.47 bits per heavy atom. The number of aliphatic carboxylic acids is 1. The van der Waals surface area contributed by atoms with Gasteiger partial charge in [0.25, 0.3) is 0 Å². The summed E-state index contributed by atoms with van der Waals surface area (Å²) in [5.41, 5.74) is 0. The highest BCUT2D eigenvalue weighted by Gasteiger charge is 2.28. The number of carbonyl (C=O) groups is 2. The largest absolute Gasteiger partial charge is 0.480 e. The molecular formula is C12H22N2O3. The molecule has 1 heterocycles. The van der Waals surface area contributed by atoms with Gasteiger partial charge in [0.15, 0.2) is 0 Å². The van der Waals surface area contributed by atoms with Crippen molar-refractivity contribution < 1.29 is 14.7 Å². The van der Waals surface area contributed by atoms with E-state index in [1.165, 1.54) is 0 Å². The average molecular weight is 242 g/mol. The number of amides is 2. The molecule has 0 aromatic rings. The summed E-state index contributed by atoms with van der Waals surface area (Å²) in [5.74, 6) is -0.716. The molecular weight excluding hydrogens is 220 g/mol. The van der Waals surface area contributed by atoms with Crippen molar-refractivity contribution in [3.63, 3.8) is 0 Å². The van der Waals surface area contributed by atoms with Crippen molar-refractivity contribution >= 4 is 12.0 Å². The van der Waals surface area contributed by atoms with Crippen LogP contribution in [0.4, 0.5) is 4.79 Å². The number of carbonyl (C=O) groups excluding carboxylic acids is 1. The van der Waals surface area contributed by atoms with E-state index in [1.54, 1.807) is 4.90 Å². The van der Waals surface area contributed by atoms with Crippen LogP contribution in [-0.4, -0.2) is 40.6 Å². The highest BCUT2D eigenvalue weighted by Crippen LogP contribution is 2.16. The van der Waals surface area contributed by atoms with Gasteiger partial charge < -0.3 is 15.3 Å². The molecule has 5 nitrogen and oxygen atoms in total. The zero-order valence-electron chi connectivity index (χ0n) is 10.8. The fourth-order valence-corrected chi connectivity index (χ4v) is 2.16. The number of hydrogen-bond donors (Lipinski definition) is 2. The third kappa shape index (κ3) is 3.91. The molecule has 5 heteroatoms. The molecule has 2 amide bonds. The maximum Gasteiger partial charge on any atom is 0.326 e. The molecule has 1 fully saturated rings. The quantitative estimate of drug-likeness (QED) is 0.788. The first kappa shape index (κ1) is 13.8. The summed E-state index contributed by atoms with van der Waals surface area (Å²) in [7, 11) is 0. The number of carboxylic acids is 1.